The summed E-state index contributed by atoms with van der Waals surface area (Å²) in [6.45, 7) is 8.37. The van der Waals surface area contributed by atoms with E-state index in [1.54, 1.807) is 0 Å². The minimum Gasteiger partial charge on any atom is -0.369 e. The van der Waals surface area contributed by atoms with Crippen LogP contribution in [0.3, 0.4) is 0 Å². The fourth-order valence-corrected chi connectivity index (χ4v) is 1.48. The highest BCUT2D eigenvalue weighted by Crippen LogP contribution is 2.11. The lowest BCUT2D eigenvalue weighted by atomic mass is 10.3. The van der Waals surface area contributed by atoms with Gasteiger partial charge in [0, 0.05) is 44.3 Å². The van der Waals surface area contributed by atoms with Crippen molar-refractivity contribution < 1.29 is 0 Å². The molecule has 86 valence electrons. The normalized spacial score (nSPS) is 14.7. The lowest BCUT2D eigenvalue weighted by Crippen LogP contribution is -2.43. The van der Waals surface area contributed by atoms with Crippen LogP contribution in [0, 0.1) is 0 Å². The number of hydrogen-bond donors (Lipinski definition) is 1. The minimum atomic E-state index is 0. The third-order valence-corrected chi connectivity index (χ3v) is 2.14. The highest BCUT2D eigenvalue weighted by atomic mass is 15.2. The Labute approximate surface area is 93.5 Å². The average Bonchev–Trinajstić information content (AvgIpc) is 2.34. The van der Waals surface area contributed by atoms with Gasteiger partial charge in [-0.3, -0.25) is 4.98 Å². The predicted molar refractivity (Wildman–Crippen MR) is 67.4 cm³/mol. The summed E-state index contributed by atoms with van der Waals surface area (Å²) in [4.78, 5) is 6.37. The Balaban J connectivity index is 0.000000617. The lowest BCUT2D eigenvalue weighted by molar-refractivity contribution is 0.589. The van der Waals surface area contributed by atoms with Crippen molar-refractivity contribution in [2.24, 2.45) is 0 Å². The van der Waals surface area contributed by atoms with Gasteiger partial charge in [-0.05, 0) is 12.1 Å². The summed E-state index contributed by atoms with van der Waals surface area (Å²) in [6.07, 6.45) is 3.69. The molecule has 3 nitrogen and oxygen atoms in total. The van der Waals surface area contributed by atoms with Crippen molar-refractivity contribution in [1.82, 2.24) is 10.3 Å². The fraction of sp³-hybridized carbons (Fsp3) is 0.583. The first kappa shape index (κ1) is 13.9. The van der Waals surface area contributed by atoms with Gasteiger partial charge in [-0.2, -0.15) is 0 Å². The first-order valence-corrected chi connectivity index (χ1v) is 5.32. The van der Waals surface area contributed by atoms with Gasteiger partial charge < -0.3 is 10.2 Å². The number of hydrogen-bond acceptors (Lipinski definition) is 3. The molecule has 2 heterocycles. The summed E-state index contributed by atoms with van der Waals surface area (Å²) >= 11 is 0. The molecule has 0 atom stereocenters. The third-order valence-electron chi connectivity index (χ3n) is 2.14. The van der Waals surface area contributed by atoms with Crippen LogP contribution in [0.2, 0.25) is 0 Å². The largest absolute Gasteiger partial charge is 0.369 e. The molecule has 3 heteroatoms. The summed E-state index contributed by atoms with van der Waals surface area (Å²) in [7, 11) is 0. The summed E-state index contributed by atoms with van der Waals surface area (Å²) in [5.41, 5.74) is 1.28. The molecular weight excluding hydrogens is 186 g/mol. The van der Waals surface area contributed by atoms with Crippen LogP contribution in [0.25, 0.3) is 0 Å². The second-order valence-corrected chi connectivity index (χ2v) is 2.94. The smallest absolute Gasteiger partial charge is 0.0397 e. The minimum absolute atomic E-state index is 0. The number of nitrogens with zero attached hydrogens (tertiary/aromatic N) is 2. The Bertz CT molecular complexity index is 230. The van der Waals surface area contributed by atoms with Gasteiger partial charge >= 0.3 is 0 Å². The van der Waals surface area contributed by atoms with Crippen molar-refractivity contribution in [2.75, 3.05) is 31.1 Å². The maximum Gasteiger partial charge on any atom is 0.0397 e. The predicted octanol–water partition coefficient (Wildman–Crippen LogP) is 2.15. The zero-order valence-corrected chi connectivity index (χ0v) is 9.03. The van der Waals surface area contributed by atoms with Crippen molar-refractivity contribution in [2.45, 2.75) is 21.3 Å². The second kappa shape index (κ2) is 8.24. The zero-order chi connectivity index (χ0) is 10.2. The molecule has 0 amide bonds. The molecule has 1 saturated heterocycles. The lowest BCUT2D eigenvalue weighted by Gasteiger charge is -2.29. The highest BCUT2D eigenvalue weighted by molar-refractivity contribution is 5.44. The standard InChI is InChI=1S/C9H13N3.C2H6.CH4/c1-3-10-4-2-9(1)12-7-5-11-6-8-12;1-2;/h1-4,11H,5-8H2;1-2H3;1H4. The van der Waals surface area contributed by atoms with Gasteiger partial charge in [0.05, 0.1) is 0 Å². The molecule has 0 radical (unpaired) electrons. The van der Waals surface area contributed by atoms with Gasteiger partial charge in [-0.1, -0.05) is 21.3 Å². The van der Waals surface area contributed by atoms with Gasteiger partial charge in [0.25, 0.3) is 0 Å². The van der Waals surface area contributed by atoms with Crippen LogP contribution in [0.5, 0.6) is 0 Å². The Morgan fingerprint density at radius 3 is 2.20 bits per heavy atom. The maximum absolute atomic E-state index is 4.00. The van der Waals surface area contributed by atoms with E-state index < -0.39 is 0 Å². The van der Waals surface area contributed by atoms with Gasteiger partial charge in [0.1, 0.15) is 0 Å². The summed E-state index contributed by atoms with van der Waals surface area (Å²) in [5, 5.41) is 3.33. The van der Waals surface area contributed by atoms with Crippen molar-refractivity contribution in [1.29, 1.82) is 0 Å². The molecule has 1 aliphatic rings. The van der Waals surface area contributed by atoms with Gasteiger partial charge in [0.15, 0.2) is 0 Å². The summed E-state index contributed by atoms with van der Waals surface area (Å²) < 4.78 is 0. The Hall–Kier alpha value is -1.09. The quantitative estimate of drug-likeness (QED) is 0.768. The van der Waals surface area contributed by atoms with Crippen molar-refractivity contribution >= 4 is 5.69 Å². The number of piperazine rings is 1. The number of nitrogens with one attached hydrogen (secondary N) is 1. The highest BCUT2D eigenvalue weighted by Gasteiger charge is 2.08. The first-order valence-electron chi connectivity index (χ1n) is 5.32. The van der Waals surface area contributed by atoms with E-state index in [1.807, 2.05) is 26.2 Å². The number of aromatic nitrogens is 1. The van der Waals surface area contributed by atoms with Gasteiger partial charge in [0.2, 0.25) is 0 Å². The van der Waals surface area contributed by atoms with E-state index in [-0.39, 0.29) is 7.43 Å². The van der Waals surface area contributed by atoms with Crippen LogP contribution in [-0.4, -0.2) is 31.2 Å². The van der Waals surface area contributed by atoms with Crippen molar-refractivity contribution in [3.63, 3.8) is 0 Å². The third kappa shape index (κ3) is 4.30. The topological polar surface area (TPSA) is 28.2 Å². The van der Waals surface area contributed by atoms with Crippen LogP contribution < -0.4 is 10.2 Å². The van der Waals surface area contributed by atoms with E-state index in [4.69, 9.17) is 0 Å². The zero-order valence-electron chi connectivity index (χ0n) is 9.03. The second-order valence-electron chi connectivity index (χ2n) is 2.94. The van der Waals surface area contributed by atoms with Crippen LogP contribution in [0.1, 0.15) is 21.3 Å². The molecule has 0 bridgehead atoms. The van der Waals surface area contributed by atoms with Crippen LogP contribution in [0.15, 0.2) is 24.5 Å². The first-order chi connectivity index (χ1) is 6.97. The van der Waals surface area contributed by atoms with Crippen LogP contribution in [-0.2, 0) is 0 Å². The molecule has 1 aliphatic heterocycles. The number of anilines is 1. The van der Waals surface area contributed by atoms with Crippen molar-refractivity contribution in [3.8, 4) is 0 Å². The Morgan fingerprint density at radius 1 is 1.13 bits per heavy atom. The van der Waals surface area contributed by atoms with E-state index in [2.05, 4.69) is 27.3 Å². The van der Waals surface area contributed by atoms with Gasteiger partial charge in [-0.15, -0.1) is 0 Å². The molecule has 0 unspecified atom stereocenters. The van der Waals surface area contributed by atoms with E-state index in [0.29, 0.717) is 0 Å². The van der Waals surface area contributed by atoms with Crippen LogP contribution >= 0.6 is 0 Å². The number of rotatable bonds is 1. The average molecular weight is 209 g/mol. The molecule has 1 N–H and O–H groups in total. The number of pyridine rings is 1. The molecule has 2 rings (SSSR count). The molecule has 0 saturated carbocycles. The molecule has 0 aliphatic carbocycles. The maximum atomic E-state index is 4.00. The molecule has 1 aromatic heterocycles. The molecule has 1 fully saturated rings. The van der Waals surface area contributed by atoms with E-state index in [0.717, 1.165) is 26.2 Å². The Kier molecular flexibility index (Phi) is 7.64. The van der Waals surface area contributed by atoms with E-state index >= 15 is 0 Å². The van der Waals surface area contributed by atoms with Gasteiger partial charge in [-0.25, -0.2) is 0 Å². The Morgan fingerprint density at radius 2 is 1.67 bits per heavy atom. The van der Waals surface area contributed by atoms with E-state index in [1.165, 1.54) is 5.69 Å². The molecule has 0 spiro atoms. The molecular formula is C12H23N3. The fourth-order valence-electron chi connectivity index (χ4n) is 1.48. The van der Waals surface area contributed by atoms with Crippen LogP contribution in [0.4, 0.5) is 5.69 Å². The summed E-state index contributed by atoms with van der Waals surface area (Å²) in [5.74, 6) is 0. The molecule has 0 aromatic carbocycles. The van der Waals surface area contributed by atoms with E-state index in [9.17, 15) is 0 Å². The van der Waals surface area contributed by atoms with Crippen molar-refractivity contribution in [3.05, 3.63) is 24.5 Å². The SMILES string of the molecule is C.CC.c1cc(N2CCNCC2)ccn1. The molecule has 15 heavy (non-hydrogen) atoms. The summed E-state index contributed by atoms with van der Waals surface area (Å²) in [6, 6.07) is 4.12. The monoisotopic (exact) mass is 209 g/mol. The molecule has 1 aromatic rings.